The highest BCUT2D eigenvalue weighted by Crippen LogP contribution is 2.32. The van der Waals surface area contributed by atoms with Crippen LogP contribution < -0.4 is 5.32 Å². The van der Waals surface area contributed by atoms with Crippen molar-refractivity contribution in [1.82, 2.24) is 5.32 Å². The highest BCUT2D eigenvalue weighted by Gasteiger charge is 2.30. The van der Waals surface area contributed by atoms with Crippen LogP contribution in [0.25, 0.3) is 0 Å². The molecule has 2 rings (SSSR count). The quantitative estimate of drug-likeness (QED) is 0.636. The van der Waals surface area contributed by atoms with Gasteiger partial charge in [0.2, 0.25) is 0 Å². The number of nitrogens with zero attached hydrogens (tertiary/aromatic N) is 1. The molecule has 0 saturated heterocycles. The summed E-state index contributed by atoms with van der Waals surface area (Å²) in [6.07, 6.45) is 1.37. The molecule has 0 aromatic heterocycles. The van der Waals surface area contributed by atoms with Crippen molar-refractivity contribution in [3.8, 4) is 0 Å². The number of amides is 1. The van der Waals surface area contributed by atoms with Gasteiger partial charge in [0.1, 0.15) is 5.02 Å². The van der Waals surface area contributed by atoms with E-state index in [2.05, 4.69) is 5.32 Å². The summed E-state index contributed by atoms with van der Waals surface area (Å²) in [5.41, 5.74) is -0.268. The Morgan fingerprint density at radius 3 is 2.84 bits per heavy atom. The minimum Gasteiger partial charge on any atom is -0.391 e. The summed E-state index contributed by atoms with van der Waals surface area (Å²) in [6.45, 7) is 0.128. The van der Waals surface area contributed by atoms with E-state index in [0.29, 0.717) is 0 Å². The molecule has 1 aliphatic rings. The zero-order valence-electron chi connectivity index (χ0n) is 10.0. The molecule has 1 amide bonds. The molecule has 102 valence electrons. The third kappa shape index (κ3) is 3.21. The average molecular weight is 285 g/mol. The first-order valence-electron chi connectivity index (χ1n) is 5.90. The van der Waals surface area contributed by atoms with Crippen molar-refractivity contribution in [3.05, 3.63) is 38.9 Å². The maximum absolute atomic E-state index is 11.9. The summed E-state index contributed by atoms with van der Waals surface area (Å²) >= 11 is 5.82. The minimum absolute atomic E-state index is 0.0406. The Hall–Kier alpha value is -1.66. The molecule has 1 saturated carbocycles. The van der Waals surface area contributed by atoms with Crippen LogP contribution in [0.4, 0.5) is 5.69 Å². The lowest BCUT2D eigenvalue weighted by Crippen LogP contribution is -2.33. The first-order chi connectivity index (χ1) is 9.00. The van der Waals surface area contributed by atoms with Gasteiger partial charge >= 0.3 is 0 Å². The molecule has 0 spiro atoms. The topological polar surface area (TPSA) is 92.5 Å². The van der Waals surface area contributed by atoms with Crippen LogP contribution in [0.3, 0.4) is 0 Å². The van der Waals surface area contributed by atoms with Crippen molar-refractivity contribution < 1.29 is 14.8 Å². The number of nitrogens with one attached hydrogen (secondary N) is 1. The van der Waals surface area contributed by atoms with Gasteiger partial charge in [-0.1, -0.05) is 17.7 Å². The van der Waals surface area contributed by atoms with Crippen LogP contribution in [-0.2, 0) is 0 Å². The molecule has 0 radical (unpaired) electrons. The standard InChI is InChI=1S/C12H13ClN2O4/c13-11-8(2-1-3-9(11)15(18)19)12(17)14-6-10(16)7-4-5-7/h1-3,7,10,16H,4-6H2,(H,14,17). The molecular weight excluding hydrogens is 272 g/mol. The van der Waals surface area contributed by atoms with E-state index < -0.39 is 16.9 Å². The SMILES string of the molecule is O=C(NCC(O)C1CC1)c1cccc([N+](=O)[O-])c1Cl. The molecular formula is C12H13ClN2O4. The predicted molar refractivity (Wildman–Crippen MR) is 69.2 cm³/mol. The lowest BCUT2D eigenvalue weighted by Gasteiger charge is -2.11. The normalized spacial score (nSPS) is 15.9. The van der Waals surface area contributed by atoms with Crippen LogP contribution in [0.1, 0.15) is 23.2 Å². The second-order valence-electron chi connectivity index (χ2n) is 4.51. The molecule has 2 N–H and O–H groups in total. The van der Waals surface area contributed by atoms with Crippen molar-refractivity contribution in [2.75, 3.05) is 6.54 Å². The summed E-state index contributed by atoms with van der Waals surface area (Å²) < 4.78 is 0. The Kier molecular flexibility index (Phi) is 4.01. The second kappa shape index (κ2) is 5.54. The smallest absolute Gasteiger partial charge is 0.288 e. The minimum atomic E-state index is -0.641. The van der Waals surface area contributed by atoms with Crippen molar-refractivity contribution in [2.45, 2.75) is 18.9 Å². The zero-order chi connectivity index (χ0) is 14.0. The number of aliphatic hydroxyl groups excluding tert-OH is 1. The molecule has 1 aliphatic carbocycles. The molecule has 1 unspecified atom stereocenters. The number of hydrogen-bond acceptors (Lipinski definition) is 4. The van der Waals surface area contributed by atoms with Crippen molar-refractivity contribution in [1.29, 1.82) is 0 Å². The lowest BCUT2D eigenvalue weighted by molar-refractivity contribution is -0.384. The van der Waals surface area contributed by atoms with E-state index in [1.54, 1.807) is 0 Å². The van der Waals surface area contributed by atoms with Crippen LogP contribution in [0.15, 0.2) is 18.2 Å². The number of aliphatic hydroxyl groups is 1. The molecule has 1 aromatic rings. The molecule has 1 fully saturated rings. The molecule has 0 bridgehead atoms. The number of hydrogen-bond donors (Lipinski definition) is 2. The molecule has 7 heteroatoms. The van der Waals surface area contributed by atoms with Crippen LogP contribution in [0.5, 0.6) is 0 Å². The van der Waals surface area contributed by atoms with Crippen LogP contribution in [0.2, 0.25) is 5.02 Å². The first-order valence-corrected chi connectivity index (χ1v) is 6.27. The molecule has 1 atom stereocenters. The maximum Gasteiger partial charge on any atom is 0.288 e. The molecule has 1 aromatic carbocycles. The van der Waals surface area contributed by atoms with Gasteiger partial charge in [0, 0.05) is 12.6 Å². The zero-order valence-corrected chi connectivity index (χ0v) is 10.8. The van der Waals surface area contributed by atoms with E-state index in [0.717, 1.165) is 12.8 Å². The number of benzene rings is 1. The molecule has 0 aliphatic heterocycles. The van der Waals surface area contributed by atoms with Crippen LogP contribution >= 0.6 is 11.6 Å². The van der Waals surface area contributed by atoms with E-state index in [1.165, 1.54) is 18.2 Å². The number of nitro benzene ring substituents is 1. The Balaban J connectivity index is 2.06. The van der Waals surface area contributed by atoms with E-state index in [4.69, 9.17) is 11.6 Å². The number of carbonyl (C=O) groups is 1. The fourth-order valence-electron chi connectivity index (χ4n) is 1.78. The second-order valence-corrected chi connectivity index (χ2v) is 4.89. The summed E-state index contributed by atoms with van der Waals surface area (Å²) in [4.78, 5) is 21.9. The summed E-state index contributed by atoms with van der Waals surface area (Å²) in [5.74, 6) is -0.269. The van der Waals surface area contributed by atoms with E-state index in [-0.39, 0.29) is 28.7 Å². The Morgan fingerprint density at radius 1 is 1.58 bits per heavy atom. The van der Waals surface area contributed by atoms with Crippen molar-refractivity contribution in [3.63, 3.8) is 0 Å². The average Bonchev–Trinajstić information content (AvgIpc) is 3.19. The summed E-state index contributed by atoms with van der Waals surface area (Å²) in [7, 11) is 0. The van der Waals surface area contributed by atoms with Gasteiger partial charge in [-0.05, 0) is 24.8 Å². The van der Waals surface area contributed by atoms with Gasteiger partial charge in [-0.25, -0.2) is 0 Å². The van der Waals surface area contributed by atoms with Gasteiger partial charge in [-0.15, -0.1) is 0 Å². The highest BCUT2D eigenvalue weighted by molar-refractivity contribution is 6.35. The third-order valence-corrected chi connectivity index (χ3v) is 3.45. The van der Waals surface area contributed by atoms with Gasteiger partial charge in [0.15, 0.2) is 0 Å². The molecule has 0 heterocycles. The molecule has 6 nitrogen and oxygen atoms in total. The number of nitro groups is 1. The van der Waals surface area contributed by atoms with E-state index in [9.17, 15) is 20.0 Å². The molecule has 19 heavy (non-hydrogen) atoms. The fraction of sp³-hybridized carbons (Fsp3) is 0.417. The fourth-order valence-corrected chi connectivity index (χ4v) is 2.06. The van der Waals surface area contributed by atoms with Crippen molar-refractivity contribution in [2.24, 2.45) is 5.92 Å². The maximum atomic E-state index is 11.9. The van der Waals surface area contributed by atoms with E-state index >= 15 is 0 Å². The number of carbonyl (C=O) groups excluding carboxylic acids is 1. The van der Waals surface area contributed by atoms with Crippen molar-refractivity contribution >= 4 is 23.2 Å². The third-order valence-electron chi connectivity index (χ3n) is 3.06. The summed E-state index contributed by atoms with van der Waals surface area (Å²) in [5, 5.41) is 22.7. The Morgan fingerprint density at radius 2 is 2.26 bits per heavy atom. The summed E-state index contributed by atoms with van der Waals surface area (Å²) in [6, 6.07) is 4.04. The first kappa shape index (κ1) is 13.8. The Labute approximate surface area is 114 Å². The number of halogens is 1. The van der Waals surface area contributed by atoms with Gasteiger partial charge in [0.05, 0.1) is 16.6 Å². The van der Waals surface area contributed by atoms with Gasteiger partial charge < -0.3 is 10.4 Å². The predicted octanol–water partition coefficient (Wildman–Crippen LogP) is 1.75. The Bertz CT molecular complexity index is 516. The van der Waals surface area contributed by atoms with Gasteiger partial charge in [-0.2, -0.15) is 0 Å². The van der Waals surface area contributed by atoms with Crippen LogP contribution in [-0.4, -0.2) is 28.6 Å². The number of rotatable bonds is 5. The van der Waals surface area contributed by atoms with Crippen LogP contribution in [0, 0.1) is 16.0 Å². The highest BCUT2D eigenvalue weighted by atomic mass is 35.5. The van der Waals surface area contributed by atoms with Gasteiger partial charge in [-0.3, -0.25) is 14.9 Å². The monoisotopic (exact) mass is 284 g/mol. The lowest BCUT2D eigenvalue weighted by atomic mass is 10.1. The van der Waals surface area contributed by atoms with E-state index in [1.807, 2.05) is 0 Å². The van der Waals surface area contributed by atoms with Gasteiger partial charge in [0.25, 0.3) is 11.6 Å². The largest absolute Gasteiger partial charge is 0.391 e.